The molecule has 0 atom stereocenters. The third-order valence-electron chi connectivity index (χ3n) is 7.38. The molecule has 1 N–H and O–H groups in total. The van der Waals surface area contributed by atoms with Gasteiger partial charge in [0.25, 0.3) is 0 Å². The predicted molar refractivity (Wildman–Crippen MR) is 102 cm³/mol. The predicted octanol–water partition coefficient (Wildman–Crippen LogP) is 2.16. The molecule has 1 aromatic rings. The van der Waals surface area contributed by atoms with Crippen LogP contribution in [0.15, 0.2) is 6.33 Å². The molecule has 1 aromatic heterocycles. The zero-order valence-electron chi connectivity index (χ0n) is 16.4. The summed E-state index contributed by atoms with van der Waals surface area (Å²) in [4.78, 5) is 36.0. The summed E-state index contributed by atoms with van der Waals surface area (Å²) in [5.74, 6) is 2.96. The Hall–Kier alpha value is -2.02. The maximum Gasteiger partial charge on any atom is 0.248 e. The first-order valence-corrected chi connectivity index (χ1v) is 10.5. The number of hydrogen-bond donors (Lipinski definition) is 1. The molecular weight excluding hydrogens is 356 g/mol. The maximum atomic E-state index is 13.4. The molecule has 7 heteroatoms. The largest absolute Gasteiger partial charge is 0.375 e. The highest BCUT2D eigenvalue weighted by Crippen LogP contribution is 2.60. The van der Waals surface area contributed by atoms with Crippen molar-refractivity contribution in [3.8, 4) is 0 Å². The molecule has 4 bridgehead atoms. The normalized spacial score (nSPS) is 32.9. The molecule has 4 aliphatic carbocycles. The number of nitrogens with one attached hydrogen (secondary N) is 1. The first-order chi connectivity index (χ1) is 13.6. The van der Waals surface area contributed by atoms with E-state index in [2.05, 4.69) is 15.3 Å². The Bertz CT molecular complexity index is 774. The van der Waals surface area contributed by atoms with Crippen molar-refractivity contribution < 1.29 is 14.3 Å². The standard InChI is InChI=1S/C21H28N4O3/c1-28-11-18(26)25-3-2-16-17(10-25)22-12-23-19(16)24-20(27)21-7-13-4-14(8-21)6-15(5-13)9-21/h12-15H,2-11H2,1H3,(H,22,23,24,27). The lowest BCUT2D eigenvalue weighted by atomic mass is 9.49. The Labute approximate surface area is 165 Å². The van der Waals surface area contributed by atoms with Crippen LogP contribution < -0.4 is 5.32 Å². The van der Waals surface area contributed by atoms with Crippen LogP contribution in [0.4, 0.5) is 5.82 Å². The Morgan fingerprint density at radius 3 is 2.50 bits per heavy atom. The molecule has 28 heavy (non-hydrogen) atoms. The van der Waals surface area contributed by atoms with Crippen LogP contribution in [0, 0.1) is 23.2 Å². The fourth-order valence-electron chi connectivity index (χ4n) is 6.52. The van der Waals surface area contributed by atoms with E-state index >= 15 is 0 Å². The van der Waals surface area contributed by atoms with Gasteiger partial charge in [-0.15, -0.1) is 0 Å². The lowest BCUT2D eigenvalue weighted by molar-refractivity contribution is -0.140. The quantitative estimate of drug-likeness (QED) is 0.860. The van der Waals surface area contributed by atoms with Crippen molar-refractivity contribution in [2.45, 2.75) is 51.5 Å². The zero-order valence-corrected chi connectivity index (χ0v) is 16.4. The molecule has 1 aliphatic heterocycles. The van der Waals surface area contributed by atoms with Crippen molar-refractivity contribution in [2.75, 3.05) is 25.6 Å². The first kappa shape index (κ1) is 18.0. The number of fused-ring (bicyclic) bond motifs is 1. The van der Waals surface area contributed by atoms with Gasteiger partial charge in [-0.25, -0.2) is 9.97 Å². The van der Waals surface area contributed by atoms with E-state index < -0.39 is 0 Å². The van der Waals surface area contributed by atoms with Gasteiger partial charge >= 0.3 is 0 Å². The maximum absolute atomic E-state index is 13.4. The Kier molecular flexibility index (Phi) is 4.38. The fourth-order valence-corrected chi connectivity index (χ4v) is 6.52. The molecule has 0 saturated heterocycles. The third kappa shape index (κ3) is 3.00. The summed E-state index contributed by atoms with van der Waals surface area (Å²) in [5, 5.41) is 3.18. The lowest BCUT2D eigenvalue weighted by Gasteiger charge is -2.55. The van der Waals surface area contributed by atoms with Gasteiger partial charge in [0.15, 0.2) is 0 Å². The second-order valence-corrected chi connectivity index (χ2v) is 9.30. The van der Waals surface area contributed by atoms with Gasteiger partial charge in [0.2, 0.25) is 11.8 Å². The minimum atomic E-state index is -0.193. The monoisotopic (exact) mass is 384 g/mol. The van der Waals surface area contributed by atoms with Crippen molar-refractivity contribution in [1.29, 1.82) is 0 Å². The number of anilines is 1. The van der Waals surface area contributed by atoms with E-state index in [-0.39, 0.29) is 23.8 Å². The van der Waals surface area contributed by atoms with E-state index in [4.69, 9.17) is 4.74 Å². The van der Waals surface area contributed by atoms with Crippen LogP contribution in [0.1, 0.15) is 49.8 Å². The Morgan fingerprint density at radius 2 is 1.86 bits per heavy atom. The van der Waals surface area contributed by atoms with Crippen LogP contribution in [0.3, 0.4) is 0 Å². The first-order valence-electron chi connectivity index (χ1n) is 10.5. The smallest absolute Gasteiger partial charge is 0.248 e. The molecule has 0 unspecified atom stereocenters. The number of aromatic nitrogens is 2. The van der Waals surface area contributed by atoms with Gasteiger partial charge in [-0.2, -0.15) is 0 Å². The van der Waals surface area contributed by atoms with Gasteiger partial charge in [0.05, 0.1) is 17.7 Å². The highest BCUT2D eigenvalue weighted by Gasteiger charge is 2.54. The van der Waals surface area contributed by atoms with E-state index in [9.17, 15) is 9.59 Å². The van der Waals surface area contributed by atoms with Crippen molar-refractivity contribution in [3.63, 3.8) is 0 Å². The van der Waals surface area contributed by atoms with E-state index in [0.717, 1.165) is 48.3 Å². The van der Waals surface area contributed by atoms with Gasteiger partial charge in [-0.3, -0.25) is 9.59 Å². The SMILES string of the molecule is COCC(=O)N1CCc2c(ncnc2NC(=O)C23CC4CC(CC(C4)C2)C3)C1. The molecule has 4 fully saturated rings. The molecule has 0 aromatic carbocycles. The lowest BCUT2D eigenvalue weighted by Crippen LogP contribution is -2.52. The summed E-state index contributed by atoms with van der Waals surface area (Å²) in [6.45, 7) is 1.12. The summed E-state index contributed by atoms with van der Waals surface area (Å²) < 4.78 is 4.96. The summed E-state index contributed by atoms with van der Waals surface area (Å²) in [6, 6.07) is 0. The van der Waals surface area contributed by atoms with Gasteiger partial charge < -0.3 is 15.0 Å². The Morgan fingerprint density at radius 1 is 1.18 bits per heavy atom. The summed E-state index contributed by atoms with van der Waals surface area (Å²) in [6.07, 6.45) is 9.23. The second kappa shape index (κ2) is 6.79. The van der Waals surface area contributed by atoms with Crippen LogP contribution in [0.5, 0.6) is 0 Å². The number of methoxy groups -OCH3 is 1. The molecule has 0 radical (unpaired) electrons. The molecule has 2 amide bonds. The van der Waals surface area contributed by atoms with Crippen LogP contribution in [-0.4, -0.2) is 46.9 Å². The van der Waals surface area contributed by atoms with Crippen LogP contribution in [0.2, 0.25) is 0 Å². The van der Waals surface area contributed by atoms with Crippen molar-refractivity contribution >= 4 is 17.6 Å². The number of nitrogens with zero attached hydrogens (tertiary/aromatic N) is 3. The van der Waals surface area contributed by atoms with Crippen molar-refractivity contribution in [1.82, 2.24) is 14.9 Å². The number of amides is 2. The second-order valence-electron chi connectivity index (χ2n) is 9.30. The molecular formula is C21H28N4O3. The average molecular weight is 384 g/mol. The van der Waals surface area contributed by atoms with Crippen LogP contribution >= 0.6 is 0 Å². The van der Waals surface area contributed by atoms with E-state index in [1.165, 1.54) is 32.7 Å². The van der Waals surface area contributed by atoms with Gasteiger partial charge in [0, 0.05) is 19.2 Å². The van der Waals surface area contributed by atoms with E-state index in [1.54, 1.807) is 4.90 Å². The highest BCUT2D eigenvalue weighted by atomic mass is 16.5. The van der Waals surface area contributed by atoms with Crippen molar-refractivity contribution in [2.24, 2.45) is 23.2 Å². The highest BCUT2D eigenvalue weighted by molar-refractivity contribution is 5.95. The van der Waals surface area contributed by atoms with Gasteiger partial charge in [0.1, 0.15) is 18.8 Å². The summed E-state index contributed by atoms with van der Waals surface area (Å²) in [7, 11) is 1.52. The number of rotatable bonds is 4. The number of hydrogen-bond acceptors (Lipinski definition) is 5. The molecule has 2 heterocycles. The number of carbonyl (C=O) groups excluding carboxylic acids is 2. The zero-order chi connectivity index (χ0) is 19.3. The minimum absolute atomic E-state index is 0.0362. The molecule has 150 valence electrons. The minimum Gasteiger partial charge on any atom is -0.375 e. The summed E-state index contributed by atoms with van der Waals surface area (Å²) in [5.41, 5.74) is 1.61. The van der Waals surface area contributed by atoms with Gasteiger partial charge in [-0.05, 0) is 62.7 Å². The topological polar surface area (TPSA) is 84.4 Å². The molecule has 5 aliphatic rings. The fraction of sp³-hybridized carbons (Fsp3) is 0.714. The molecule has 0 spiro atoms. The number of ether oxygens (including phenoxy) is 1. The molecule has 4 saturated carbocycles. The number of carbonyl (C=O) groups is 2. The van der Waals surface area contributed by atoms with Crippen molar-refractivity contribution in [3.05, 3.63) is 17.6 Å². The molecule has 7 nitrogen and oxygen atoms in total. The van der Waals surface area contributed by atoms with Gasteiger partial charge in [-0.1, -0.05) is 0 Å². The van der Waals surface area contributed by atoms with Crippen LogP contribution in [-0.2, 0) is 27.3 Å². The summed E-state index contributed by atoms with van der Waals surface area (Å²) >= 11 is 0. The molecule has 6 rings (SSSR count). The van der Waals surface area contributed by atoms with E-state index in [0.29, 0.717) is 25.3 Å². The van der Waals surface area contributed by atoms with Crippen LogP contribution in [0.25, 0.3) is 0 Å². The van der Waals surface area contributed by atoms with E-state index in [1.807, 2.05) is 0 Å². The Balaban J connectivity index is 1.34. The third-order valence-corrected chi connectivity index (χ3v) is 7.38. The average Bonchev–Trinajstić information content (AvgIpc) is 2.67.